The van der Waals surface area contributed by atoms with Crippen molar-refractivity contribution in [3.8, 4) is 5.75 Å². The highest BCUT2D eigenvalue weighted by Crippen LogP contribution is 2.21. The lowest BCUT2D eigenvalue weighted by Gasteiger charge is -2.14. The largest absolute Gasteiger partial charge is 0.493 e. The number of imidazole rings is 1. The zero-order valence-electron chi connectivity index (χ0n) is 12.2. The number of ether oxygens (including phenoxy) is 1. The molecule has 20 heavy (non-hydrogen) atoms. The molecule has 2 aromatic rings. The van der Waals surface area contributed by atoms with Crippen LogP contribution in [-0.2, 0) is 13.0 Å². The molecule has 4 heteroatoms. The minimum absolute atomic E-state index is 0.144. The Morgan fingerprint density at radius 2 is 2.25 bits per heavy atom. The topological polar surface area (TPSA) is 53.1 Å². The van der Waals surface area contributed by atoms with Crippen LogP contribution >= 0.6 is 0 Å². The summed E-state index contributed by atoms with van der Waals surface area (Å²) in [6.07, 6.45) is 7.39. The van der Waals surface area contributed by atoms with Crippen molar-refractivity contribution >= 4 is 0 Å². The Morgan fingerprint density at radius 3 is 2.95 bits per heavy atom. The molecule has 0 saturated carbocycles. The van der Waals surface area contributed by atoms with E-state index < -0.39 is 0 Å². The van der Waals surface area contributed by atoms with E-state index in [9.17, 15) is 0 Å². The van der Waals surface area contributed by atoms with Crippen LogP contribution in [0.4, 0.5) is 0 Å². The SMILES string of the molecule is Cc1ccc(OCCCn2ccnc2)c(CC(C)N)c1. The lowest BCUT2D eigenvalue weighted by Crippen LogP contribution is -2.18. The van der Waals surface area contributed by atoms with Gasteiger partial charge in [0, 0.05) is 25.0 Å². The number of hydrogen-bond acceptors (Lipinski definition) is 3. The number of aromatic nitrogens is 2. The predicted octanol–water partition coefficient (Wildman–Crippen LogP) is 2.55. The molecule has 4 nitrogen and oxygen atoms in total. The summed E-state index contributed by atoms with van der Waals surface area (Å²) < 4.78 is 7.96. The Balaban J connectivity index is 1.88. The Morgan fingerprint density at radius 1 is 1.40 bits per heavy atom. The molecule has 0 fully saturated rings. The van der Waals surface area contributed by atoms with Gasteiger partial charge in [0.05, 0.1) is 12.9 Å². The van der Waals surface area contributed by atoms with E-state index in [1.54, 1.807) is 6.20 Å². The number of nitrogens with two attached hydrogens (primary N) is 1. The van der Waals surface area contributed by atoms with Crippen LogP contribution in [0.15, 0.2) is 36.9 Å². The molecule has 1 aromatic heterocycles. The molecule has 0 spiro atoms. The standard InChI is InChI=1S/C16H23N3O/c1-13-4-5-16(15(10-13)11-14(2)17)20-9-3-7-19-8-6-18-12-19/h4-6,8,10,12,14H,3,7,9,11,17H2,1-2H3. The average molecular weight is 273 g/mol. The predicted molar refractivity (Wildman–Crippen MR) is 80.9 cm³/mol. The van der Waals surface area contributed by atoms with Gasteiger partial charge in [0.15, 0.2) is 0 Å². The first-order valence-electron chi connectivity index (χ1n) is 7.09. The number of nitrogens with zero attached hydrogens (tertiary/aromatic N) is 2. The molecule has 0 aliphatic heterocycles. The molecule has 1 aromatic carbocycles. The van der Waals surface area contributed by atoms with Crippen molar-refractivity contribution in [3.05, 3.63) is 48.0 Å². The summed E-state index contributed by atoms with van der Waals surface area (Å²) in [6, 6.07) is 6.43. The quantitative estimate of drug-likeness (QED) is 0.789. The van der Waals surface area contributed by atoms with Gasteiger partial charge in [-0.05, 0) is 38.3 Å². The van der Waals surface area contributed by atoms with E-state index in [-0.39, 0.29) is 6.04 Å². The molecule has 1 unspecified atom stereocenters. The molecule has 0 aliphatic carbocycles. The molecule has 1 heterocycles. The Hall–Kier alpha value is -1.81. The van der Waals surface area contributed by atoms with E-state index in [1.165, 1.54) is 11.1 Å². The van der Waals surface area contributed by atoms with Crippen LogP contribution < -0.4 is 10.5 Å². The summed E-state index contributed by atoms with van der Waals surface area (Å²) in [5.41, 5.74) is 8.34. The summed E-state index contributed by atoms with van der Waals surface area (Å²) in [6.45, 7) is 5.74. The Kier molecular flexibility index (Phi) is 5.18. The minimum Gasteiger partial charge on any atom is -0.493 e. The molecular weight excluding hydrogens is 250 g/mol. The number of benzene rings is 1. The van der Waals surface area contributed by atoms with Gasteiger partial charge in [-0.25, -0.2) is 4.98 Å². The fourth-order valence-corrected chi connectivity index (χ4v) is 2.20. The number of hydrogen-bond donors (Lipinski definition) is 1. The van der Waals surface area contributed by atoms with Crippen molar-refractivity contribution in [1.29, 1.82) is 0 Å². The highest BCUT2D eigenvalue weighted by Gasteiger charge is 2.06. The van der Waals surface area contributed by atoms with Gasteiger partial charge in [-0.2, -0.15) is 0 Å². The first-order valence-corrected chi connectivity index (χ1v) is 7.09. The van der Waals surface area contributed by atoms with Crippen molar-refractivity contribution < 1.29 is 4.74 Å². The van der Waals surface area contributed by atoms with Crippen LogP contribution in [0.25, 0.3) is 0 Å². The zero-order chi connectivity index (χ0) is 14.4. The third-order valence-corrected chi connectivity index (χ3v) is 3.14. The minimum atomic E-state index is 0.144. The van der Waals surface area contributed by atoms with Crippen LogP contribution in [0.1, 0.15) is 24.5 Å². The Bertz CT molecular complexity index is 521. The zero-order valence-corrected chi connectivity index (χ0v) is 12.2. The Labute approximate surface area is 120 Å². The van der Waals surface area contributed by atoms with Gasteiger partial charge in [-0.1, -0.05) is 17.7 Å². The van der Waals surface area contributed by atoms with E-state index in [0.717, 1.165) is 25.1 Å². The van der Waals surface area contributed by atoms with E-state index in [2.05, 4.69) is 28.6 Å². The van der Waals surface area contributed by atoms with Gasteiger partial charge >= 0.3 is 0 Å². The second-order valence-corrected chi connectivity index (χ2v) is 5.30. The molecule has 0 amide bonds. The maximum absolute atomic E-state index is 5.90. The lowest BCUT2D eigenvalue weighted by atomic mass is 10.0. The van der Waals surface area contributed by atoms with Gasteiger partial charge in [-0.15, -0.1) is 0 Å². The molecule has 2 N–H and O–H groups in total. The highest BCUT2D eigenvalue weighted by atomic mass is 16.5. The van der Waals surface area contributed by atoms with E-state index in [0.29, 0.717) is 6.61 Å². The first-order chi connectivity index (χ1) is 9.65. The van der Waals surface area contributed by atoms with Gasteiger partial charge in [0.1, 0.15) is 5.75 Å². The molecular formula is C16H23N3O. The highest BCUT2D eigenvalue weighted by molar-refractivity contribution is 5.37. The molecule has 0 aliphatic rings. The van der Waals surface area contributed by atoms with Crippen molar-refractivity contribution in [2.75, 3.05) is 6.61 Å². The molecule has 1 atom stereocenters. The summed E-state index contributed by atoms with van der Waals surface area (Å²) in [5, 5.41) is 0. The van der Waals surface area contributed by atoms with Crippen LogP contribution in [-0.4, -0.2) is 22.2 Å². The van der Waals surface area contributed by atoms with E-state index in [1.807, 2.05) is 25.5 Å². The average Bonchev–Trinajstić information content (AvgIpc) is 2.89. The second-order valence-electron chi connectivity index (χ2n) is 5.30. The van der Waals surface area contributed by atoms with Crippen LogP contribution in [0, 0.1) is 6.92 Å². The van der Waals surface area contributed by atoms with Gasteiger partial charge in [0.25, 0.3) is 0 Å². The van der Waals surface area contributed by atoms with Crippen LogP contribution in [0.2, 0.25) is 0 Å². The molecule has 0 radical (unpaired) electrons. The van der Waals surface area contributed by atoms with Crippen molar-refractivity contribution in [3.63, 3.8) is 0 Å². The van der Waals surface area contributed by atoms with Crippen molar-refractivity contribution in [1.82, 2.24) is 9.55 Å². The fourth-order valence-electron chi connectivity index (χ4n) is 2.20. The smallest absolute Gasteiger partial charge is 0.122 e. The lowest BCUT2D eigenvalue weighted by molar-refractivity contribution is 0.298. The monoisotopic (exact) mass is 273 g/mol. The third-order valence-electron chi connectivity index (χ3n) is 3.14. The third kappa shape index (κ3) is 4.38. The molecule has 2 rings (SSSR count). The van der Waals surface area contributed by atoms with Crippen molar-refractivity contribution in [2.24, 2.45) is 5.73 Å². The number of rotatable bonds is 7. The second kappa shape index (κ2) is 7.10. The maximum Gasteiger partial charge on any atom is 0.122 e. The van der Waals surface area contributed by atoms with Gasteiger partial charge < -0.3 is 15.0 Å². The van der Waals surface area contributed by atoms with Gasteiger partial charge in [0.2, 0.25) is 0 Å². The molecule has 0 saturated heterocycles. The van der Waals surface area contributed by atoms with E-state index >= 15 is 0 Å². The first kappa shape index (κ1) is 14.6. The van der Waals surface area contributed by atoms with Gasteiger partial charge in [-0.3, -0.25) is 0 Å². The maximum atomic E-state index is 5.90. The summed E-state index contributed by atoms with van der Waals surface area (Å²) >= 11 is 0. The molecule has 108 valence electrons. The van der Waals surface area contributed by atoms with Crippen molar-refractivity contribution in [2.45, 2.75) is 39.3 Å². The van der Waals surface area contributed by atoms with Crippen LogP contribution in [0.5, 0.6) is 5.75 Å². The summed E-state index contributed by atoms with van der Waals surface area (Å²) in [7, 11) is 0. The van der Waals surface area contributed by atoms with Crippen LogP contribution in [0.3, 0.4) is 0 Å². The summed E-state index contributed by atoms with van der Waals surface area (Å²) in [4.78, 5) is 4.02. The number of aryl methyl sites for hydroxylation is 2. The normalized spacial score (nSPS) is 12.3. The van der Waals surface area contributed by atoms with E-state index in [4.69, 9.17) is 10.5 Å². The molecule has 0 bridgehead atoms. The fraction of sp³-hybridized carbons (Fsp3) is 0.438. The summed E-state index contributed by atoms with van der Waals surface area (Å²) in [5.74, 6) is 0.957.